The average molecular weight is 236 g/mol. The summed E-state index contributed by atoms with van der Waals surface area (Å²) in [4.78, 5) is 0. The molecule has 0 spiro atoms. The lowest BCUT2D eigenvalue weighted by Gasteiger charge is -2.16. The predicted molar refractivity (Wildman–Crippen MR) is 71.5 cm³/mol. The van der Waals surface area contributed by atoms with Gasteiger partial charge in [-0.1, -0.05) is 39.8 Å². The molecular formula is C15H24O2. The van der Waals surface area contributed by atoms with Crippen LogP contribution >= 0.6 is 0 Å². The van der Waals surface area contributed by atoms with Gasteiger partial charge >= 0.3 is 0 Å². The van der Waals surface area contributed by atoms with Crippen molar-refractivity contribution in [2.24, 2.45) is 5.92 Å². The third-order valence-corrected chi connectivity index (χ3v) is 3.25. The standard InChI is InChI=1S/C15H24O2/c1-5-12(4)13-6-8-14(9-7-13)17-10-15(16)11(2)3/h6-9,11-12,15-16H,5,10H2,1-4H3. The normalized spacial score (nSPS) is 14.7. The van der Waals surface area contributed by atoms with E-state index in [0.29, 0.717) is 12.5 Å². The molecule has 1 rings (SSSR count). The van der Waals surface area contributed by atoms with Crippen molar-refractivity contribution in [1.82, 2.24) is 0 Å². The third kappa shape index (κ3) is 4.39. The van der Waals surface area contributed by atoms with Gasteiger partial charge in [-0.3, -0.25) is 0 Å². The van der Waals surface area contributed by atoms with Crippen LogP contribution in [0.25, 0.3) is 0 Å². The van der Waals surface area contributed by atoms with E-state index < -0.39 is 6.10 Å². The summed E-state index contributed by atoms with van der Waals surface area (Å²) < 4.78 is 5.55. The number of aliphatic hydroxyl groups is 1. The lowest BCUT2D eigenvalue weighted by atomic mass is 9.99. The van der Waals surface area contributed by atoms with E-state index in [-0.39, 0.29) is 5.92 Å². The molecule has 0 bridgehead atoms. The number of ether oxygens (including phenoxy) is 1. The molecule has 1 aromatic rings. The molecule has 2 atom stereocenters. The van der Waals surface area contributed by atoms with E-state index in [1.54, 1.807) is 0 Å². The van der Waals surface area contributed by atoms with Gasteiger partial charge in [0.15, 0.2) is 0 Å². The van der Waals surface area contributed by atoms with Crippen LogP contribution in [-0.4, -0.2) is 17.8 Å². The monoisotopic (exact) mass is 236 g/mol. The molecule has 0 heterocycles. The quantitative estimate of drug-likeness (QED) is 0.817. The average Bonchev–Trinajstić information content (AvgIpc) is 2.35. The van der Waals surface area contributed by atoms with Crippen molar-refractivity contribution in [1.29, 1.82) is 0 Å². The van der Waals surface area contributed by atoms with Gasteiger partial charge in [-0.05, 0) is 36.0 Å². The number of rotatable bonds is 6. The summed E-state index contributed by atoms with van der Waals surface area (Å²) in [6.45, 7) is 8.74. The van der Waals surface area contributed by atoms with Gasteiger partial charge in [-0.15, -0.1) is 0 Å². The number of aliphatic hydroxyl groups excluding tert-OH is 1. The number of hydrogen-bond acceptors (Lipinski definition) is 2. The topological polar surface area (TPSA) is 29.5 Å². The lowest BCUT2D eigenvalue weighted by Crippen LogP contribution is -2.23. The summed E-state index contributed by atoms with van der Waals surface area (Å²) >= 11 is 0. The first kappa shape index (κ1) is 14.0. The molecule has 96 valence electrons. The zero-order chi connectivity index (χ0) is 12.8. The first-order valence-corrected chi connectivity index (χ1v) is 6.45. The van der Waals surface area contributed by atoms with Crippen LogP contribution in [-0.2, 0) is 0 Å². The Morgan fingerprint density at radius 3 is 2.18 bits per heavy atom. The van der Waals surface area contributed by atoms with E-state index in [1.807, 2.05) is 26.0 Å². The Labute approximate surface area is 105 Å². The summed E-state index contributed by atoms with van der Waals surface area (Å²) in [6.07, 6.45) is 0.746. The van der Waals surface area contributed by atoms with Gasteiger partial charge in [-0.2, -0.15) is 0 Å². The molecule has 0 fully saturated rings. The maximum Gasteiger partial charge on any atom is 0.119 e. The van der Waals surface area contributed by atoms with Crippen LogP contribution in [0.5, 0.6) is 5.75 Å². The van der Waals surface area contributed by atoms with Crippen molar-refractivity contribution >= 4 is 0 Å². The molecule has 0 aliphatic carbocycles. The van der Waals surface area contributed by atoms with Crippen molar-refractivity contribution in [3.63, 3.8) is 0 Å². The molecule has 0 radical (unpaired) electrons. The van der Waals surface area contributed by atoms with E-state index in [1.165, 1.54) is 5.56 Å². The Hall–Kier alpha value is -1.02. The van der Waals surface area contributed by atoms with Crippen molar-refractivity contribution in [2.75, 3.05) is 6.61 Å². The molecule has 0 amide bonds. The van der Waals surface area contributed by atoms with Crippen LogP contribution < -0.4 is 4.74 Å². The van der Waals surface area contributed by atoms with Gasteiger partial charge in [0.1, 0.15) is 12.4 Å². The zero-order valence-electron chi connectivity index (χ0n) is 11.3. The van der Waals surface area contributed by atoms with E-state index in [0.717, 1.165) is 12.2 Å². The molecule has 1 aromatic carbocycles. The fourth-order valence-corrected chi connectivity index (χ4v) is 1.50. The fraction of sp³-hybridized carbons (Fsp3) is 0.600. The molecule has 0 saturated heterocycles. The summed E-state index contributed by atoms with van der Waals surface area (Å²) in [5.74, 6) is 1.65. The highest BCUT2D eigenvalue weighted by atomic mass is 16.5. The van der Waals surface area contributed by atoms with E-state index in [4.69, 9.17) is 4.74 Å². The first-order chi connectivity index (χ1) is 8.04. The molecule has 2 nitrogen and oxygen atoms in total. The van der Waals surface area contributed by atoms with Gasteiger partial charge < -0.3 is 9.84 Å². The molecule has 17 heavy (non-hydrogen) atoms. The maximum atomic E-state index is 9.64. The fourth-order valence-electron chi connectivity index (χ4n) is 1.50. The minimum atomic E-state index is -0.399. The van der Waals surface area contributed by atoms with Crippen LogP contribution in [0.2, 0.25) is 0 Å². The number of benzene rings is 1. The maximum absolute atomic E-state index is 9.64. The highest BCUT2D eigenvalue weighted by molar-refractivity contribution is 5.29. The minimum Gasteiger partial charge on any atom is -0.491 e. The second-order valence-corrected chi connectivity index (χ2v) is 5.00. The first-order valence-electron chi connectivity index (χ1n) is 6.45. The number of hydrogen-bond donors (Lipinski definition) is 1. The Bertz CT molecular complexity index is 316. The second kappa shape index (κ2) is 6.65. The molecule has 2 unspecified atom stereocenters. The Kier molecular flexibility index (Phi) is 5.49. The van der Waals surface area contributed by atoms with Crippen molar-refractivity contribution in [3.05, 3.63) is 29.8 Å². The van der Waals surface area contributed by atoms with Crippen LogP contribution in [0.4, 0.5) is 0 Å². The summed E-state index contributed by atoms with van der Waals surface area (Å²) in [7, 11) is 0. The van der Waals surface area contributed by atoms with Gasteiger partial charge in [0, 0.05) is 0 Å². The predicted octanol–water partition coefficient (Wildman–Crippen LogP) is 3.60. The molecule has 0 saturated carbocycles. The summed E-state index contributed by atoms with van der Waals surface area (Å²) in [5, 5.41) is 9.64. The molecule has 2 heteroatoms. The van der Waals surface area contributed by atoms with Gasteiger partial charge in [-0.25, -0.2) is 0 Å². The smallest absolute Gasteiger partial charge is 0.119 e. The highest BCUT2D eigenvalue weighted by Crippen LogP contribution is 2.21. The van der Waals surface area contributed by atoms with Crippen LogP contribution in [0.3, 0.4) is 0 Å². The van der Waals surface area contributed by atoms with Gasteiger partial charge in [0.25, 0.3) is 0 Å². The Morgan fingerprint density at radius 1 is 1.12 bits per heavy atom. The van der Waals surface area contributed by atoms with Crippen LogP contribution in [0, 0.1) is 5.92 Å². The molecule has 0 aliphatic heterocycles. The third-order valence-electron chi connectivity index (χ3n) is 3.25. The minimum absolute atomic E-state index is 0.231. The van der Waals surface area contributed by atoms with E-state index in [2.05, 4.69) is 26.0 Å². The Balaban J connectivity index is 2.51. The largest absolute Gasteiger partial charge is 0.491 e. The van der Waals surface area contributed by atoms with Crippen molar-refractivity contribution in [2.45, 2.75) is 46.1 Å². The summed E-state index contributed by atoms with van der Waals surface area (Å²) in [5.41, 5.74) is 1.34. The molecule has 1 N–H and O–H groups in total. The SMILES string of the molecule is CCC(C)c1ccc(OCC(O)C(C)C)cc1. The van der Waals surface area contributed by atoms with Crippen LogP contribution in [0.15, 0.2) is 24.3 Å². The van der Waals surface area contributed by atoms with E-state index >= 15 is 0 Å². The summed E-state index contributed by atoms with van der Waals surface area (Å²) in [6, 6.07) is 8.17. The molecule has 0 aromatic heterocycles. The van der Waals surface area contributed by atoms with Gasteiger partial charge in [0.05, 0.1) is 6.10 Å². The highest BCUT2D eigenvalue weighted by Gasteiger charge is 2.10. The van der Waals surface area contributed by atoms with Gasteiger partial charge in [0.2, 0.25) is 0 Å². The molecular weight excluding hydrogens is 212 g/mol. The van der Waals surface area contributed by atoms with Crippen LogP contribution in [0.1, 0.15) is 45.6 Å². The lowest BCUT2D eigenvalue weighted by molar-refractivity contribution is 0.0701. The second-order valence-electron chi connectivity index (χ2n) is 5.00. The Morgan fingerprint density at radius 2 is 1.71 bits per heavy atom. The molecule has 0 aliphatic rings. The zero-order valence-corrected chi connectivity index (χ0v) is 11.3. The van der Waals surface area contributed by atoms with E-state index in [9.17, 15) is 5.11 Å². The van der Waals surface area contributed by atoms with Crippen molar-refractivity contribution < 1.29 is 9.84 Å². The van der Waals surface area contributed by atoms with Crippen molar-refractivity contribution in [3.8, 4) is 5.75 Å².